The second-order valence-electron chi connectivity index (χ2n) is 3.68. The van der Waals surface area contributed by atoms with Crippen molar-refractivity contribution in [1.82, 2.24) is 5.32 Å². The molecule has 92 valence electrons. The average Bonchev–Trinajstić information content (AvgIpc) is 2.78. The number of ether oxygens (including phenoxy) is 1. The molecule has 0 bridgehead atoms. The van der Waals surface area contributed by atoms with Crippen molar-refractivity contribution in [3.63, 3.8) is 0 Å². The lowest BCUT2D eigenvalue weighted by Crippen LogP contribution is -2.23. The number of hydrogen-bond donors (Lipinski definition) is 2. The van der Waals surface area contributed by atoms with Gasteiger partial charge in [-0.05, 0) is 24.8 Å². The molecular weight excluding hydrogens is 216 g/mol. The van der Waals surface area contributed by atoms with Crippen molar-refractivity contribution in [3.05, 3.63) is 42.1 Å². The van der Waals surface area contributed by atoms with Crippen molar-refractivity contribution in [2.24, 2.45) is 5.73 Å². The number of benzene rings is 1. The molecule has 2 unspecified atom stereocenters. The predicted molar refractivity (Wildman–Crippen MR) is 68.1 cm³/mol. The molecule has 0 spiro atoms. The van der Waals surface area contributed by atoms with Gasteiger partial charge in [-0.25, -0.2) is 0 Å². The van der Waals surface area contributed by atoms with Crippen LogP contribution in [0.2, 0.25) is 0 Å². The lowest BCUT2D eigenvalue weighted by molar-refractivity contribution is -0.117. The monoisotopic (exact) mass is 234 g/mol. The highest BCUT2D eigenvalue weighted by atomic mass is 16.5. The molecule has 3 N–H and O–H groups in total. The van der Waals surface area contributed by atoms with Crippen LogP contribution in [0, 0.1) is 0 Å². The summed E-state index contributed by atoms with van der Waals surface area (Å²) in [6.45, 7) is 2.71. The van der Waals surface area contributed by atoms with Crippen LogP contribution in [0.3, 0.4) is 0 Å². The maximum Gasteiger partial charge on any atom is 0.165 e. The number of rotatable bonds is 2. The number of hydrogen-bond acceptors (Lipinski definition) is 4. The Kier molecular flexibility index (Phi) is 5.99. The molecule has 17 heavy (non-hydrogen) atoms. The van der Waals surface area contributed by atoms with Crippen molar-refractivity contribution in [1.29, 1.82) is 0 Å². The van der Waals surface area contributed by atoms with Crippen LogP contribution >= 0.6 is 0 Å². The molecule has 0 amide bonds. The third-order valence-electron chi connectivity index (χ3n) is 2.20. The minimum absolute atomic E-state index is 0.185. The van der Waals surface area contributed by atoms with Crippen LogP contribution in [0.4, 0.5) is 0 Å². The third-order valence-corrected chi connectivity index (χ3v) is 2.20. The number of nitrogens with two attached hydrogens (primary N) is 1. The Balaban J connectivity index is 0.000000171. The minimum atomic E-state index is -0.356. The van der Waals surface area contributed by atoms with E-state index in [0.29, 0.717) is 0 Å². The zero-order chi connectivity index (χ0) is 12.5. The molecule has 1 aliphatic heterocycles. The van der Waals surface area contributed by atoms with Gasteiger partial charge >= 0.3 is 0 Å². The molecular formula is C13H18N2O2. The summed E-state index contributed by atoms with van der Waals surface area (Å²) in [5.74, 6) is 0. The molecule has 1 aliphatic rings. The molecule has 1 heterocycles. The van der Waals surface area contributed by atoms with Crippen LogP contribution in [0.15, 0.2) is 36.5 Å². The summed E-state index contributed by atoms with van der Waals surface area (Å²) >= 11 is 0. The first kappa shape index (κ1) is 13.4. The van der Waals surface area contributed by atoms with Gasteiger partial charge in [-0.2, -0.15) is 0 Å². The minimum Gasteiger partial charge on any atom is -0.405 e. The van der Waals surface area contributed by atoms with Crippen LogP contribution in [-0.2, 0) is 9.53 Å². The first-order valence-electron chi connectivity index (χ1n) is 5.53. The Hall–Kier alpha value is -1.65. The van der Waals surface area contributed by atoms with E-state index in [4.69, 9.17) is 10.5 Å². The van der Waals surface area contributed by atoms with E-state index in [9.17, 15) is 4.79 Å². The van der Waals surface area contributed by atoms with Gasteiger partial charge in [-0.15, -0.1) is 0 Å². The normalized spacial score (nSPS) is 23.1. The Bertz CT molecular complexity index is 352. The van der Waals surface area contributed by atoms with Gasteiger partial charge in [0.25, 0.3) is 0 Å². The number of carbonyl (C=O) groups excluding carboxylic acids is 1. The van der Waals surface area contributed by atoms with Crippen molar-refractivity contribution < 1.29 is 9.53 Å². The number of aldehydes is 1. The van der Waals surface area contributed by atoms with Gasteiger partial charge in [0.1, 0.15) is 0 Å². The highest BCUT2D eigenvalue weighted by Crippen LogP contribution is 2.00. The number of carbonyl (C=O) groups is 1. The summed E-state index contributed by atoms with van der Waals surface area (Å²) in [4.78, 5) is 9.97. The Morgan fingerprint density at radius 2 is 2.12 bits per heavy atom. The van der Waals surface area contributed by atoms with E-state index >= 15 is 0 Å². The molecule has 4 heteroatoms. The molecule has 0 aliphatic carbocycles. The zero-order valence-electron chi connectivity index (χ0n) is 9.87. The predicted octanol–water partition coefficient (Wildman–Crippen LogP) is 1.14. The highest BCUT2D eigenvalue weighted by Gasteiger charge is 2.18. The molecule has 1 aromatic rings. The van der Waals surface area contributed by atoms with Crippen molar-refractivity contribution in [2.75, 3.05) is 6.54 Å². The Morgan fingerprint density at radius 1 is 1.41 bits per heavy atom. The summed E-state index contributed by atoms with van der Waals surface area (Å²) in [6, 6.07) is 9.95. The van der Waals surface area contributed by atoms with Crippen LogP contribution in [0.5, 0.6) is 0 Å². The van der Waals surface area contributed by atoms with Gasteiger partial charge in [-0.1, -0.05) is 30.3 Å². The highest BCUT2D eigenvalue weighted by molar-refractivity contribution is 5.55. The smallest absolute Gasteiger partial charge is 0.165 e. The molecule has 1 aromatic carbocycles. The van der Waals surface area contributed by atoms with E-state index < -0.39 is 0 Å². The molecule has 2 atom stereocenters. The van der Waals surface area contributed by atoms with Gasteiger partial charge in [0, 0.05) is 6.54 Å². The fraction of sp³-hybridized carbons (Fsp3) is 0.308. The van der Waals surface area contributed by atoms with Crippen molar-refractivity contribution in [3.8, 4) is 0 Å². The maximum atomic E-state index is 9.97. The van der Waals surface area contributed by atoms with Gasteiger partial charge in [0.2, 0.25) is 0 Å². The lowest BCUT2D eigenvalue weighted by Gasteiger charge is -1.99. The van der Waals surface area contributed by atoms with E-state index in [0.717, 1.165) is 18.4 Å². The largest absolute Gasteiger partial charge is 0.405 e. The first-order valence-corrected chi connectivity index (χ1v) is 5.53. The van der Waals surface area contributed by atoms with E-state index in [1.807, 2.05) is 43.3 Å². The topological polar surface area (TPSA) is 64.3 Å². The van der Waals surface area contributed by atoms with Crippen LogP contribution < -0.4 is 11.1 Å². The van der Waals surface area contributed by atoms with Crippen LogP contribution in [0.25, 0.3) is 6.08 Å². The summed E-state index contributed by atoms with van der Waals surface area (Å²) in [6.07, 6.45) is 3.99. The molecule has 0 saturated carbocycles. The van der Waals surface area contributed by atoms with Gasteiger partial charge in [0.15, 0.2) is 12.5 Å². The van der Waals surface area contributed by atoms with Gasteiger partial charge in [0.05, 0.1) is 6.10 Å². The summed E-state index contributed by atoms with van der Waals surface area (Å²) in [5.41, 5.74) is 6.32. The summed E-state index contributed by atoms with van der Waals surface area (Å²) in [7, 11) is 0. The van der Waals surface area contributed by atoms with Gasteiger partial charge < -0.3 is 10.5 Å². The second kappa shape index (κ2) is 7.60. The summed E-state index contributed by atoms with van der Waals surface area (Å²) in [5, 5.41) is 2.87. The molecule has 1 fully saturated rings. The molecule has 2 rings (SSSR count). The van der Waals surface area contributed by atoms with E-state index in [1.165, 1.54) is 6.20 Å². The van der Waals surface area contributed by atoms with E-state index in [-0.39, 0.29) is 12.3 Å². The molecule has 4 nitrogen and oxygen atoms in total. The van der Waals surface area contributed by atoms with E-state index in [1.54, 1.807) is 0 Å². The second-order valence-corrected chi connectivity index (χ2v) is 3.68. The molecule has 0 aromatic heterocycles. The SMILES string of the molecule is CC1CNC(C=O)O1.NC=Cc1ccccc1. The standard InChI is InChI=1S/C8H9N.C5H9NO2/c9-7-6-8-4-2-1-3-5-8;1-4-2-6-5(3-7)8-4/h1-7H,9H2;3-6H,2H2,1H3. The third kappa shape index (κ3) is 5.29. The maximum absolute atomic E-state index is 9.97. The average molecular weight is 234 g/mol. The molecule has 0 radical (unpaired) electrons. The Labute approximate surface area is 101 Å². The summed E-state index contributed by atoms with van der Waals surface area (Å²) < 4.78 is 5.03. The number of nitrogens with one attached hydrogen (secondary N) is 1. The Morgan fingerprint density at radius 3 is 2.53 bits per heavy atom. The first-order chi connectivity index (χ1) is 8.26. The fourth-order valence-corrected chi connectivity index (χ4v) is 1.38. The van der Waals surface area contributed by atoms with Crippen molar-refractivity contribution in [2.45, 2.75) is 19.3 Å². The molecule has 1 saturated heterocycles. The quantitative estimate of drug-likeness (QED) is 0.753. The lowest BCUT2D eigenvalue weighted by atomic mass is 10.2. The van der Waals surface area contributed by atoms with Crippen molar-refractivity contribution >= 4 is 12.4 Å². The van der Waals surface area contributed by atoms with Crippen LogP contribution in [-0.4, -0.2) is 25.2 Å². The van der Waals surface area contributed by atoms with Gasteiger partial charge in [-0.3, -0.25) is 10.1 Å². The van der Waals surface area contributed by atoms with Crippen LogP contribution in [0.1, 0.15) is 12.5 Å². The van der Waals surface area contributed by atoms with E-state index in [2.05, 4.69) is 5.32 Å². The zero-order valence-corrected chi connectivity index (χ0v) is 9.87. The fourth-order valence-electron chi connectivity index (χ4n) is 1.38.